The summed E-state index contributed by atoms with van der Waals surface area (Å²) in [5, 5.41) is 3.02. The molecular formula is C13H17ClF3N3. The van der Waals surface area contributed by atoms with E-state index in [2.05, 4.69) is 22.2 Å². The number of anilines is 1. The molecule has 3 nitrogen and oxygen atoms in total. The van der Waals surface area contributed by atoms with Crippen LogP contribution < -0.4 is 5.32 Å². The third-order valence-corrected chi connectivity index (χ3v) is 4.32. The Labute approximate surface area is 120 Å². The van der Waals surface area contributed by atoms with E-state index in [1.165, 1.54) is 0 Å². The Morgan fingerprint density at radius 3 is 2.60 bits per heavy atom. The van der Waals surface area contributed by atoms with Crippen LogP contribution in [-0.4, -0.2) is 21.4 Å². The molecule has 1 aromatic heterocycles. The summed E-state index contributed by atoms with van der Waals surface area (Å²) in [5.74, 6) is 0.949. The van der Waals surface area contributed by atoms with Crippen LogP contribution in [0.5, 0.6) is 0 Å². The number of alkyl halides is 4. The third-order valence-electron chi connectivity index (χ3n) is 3.81. The molecule has 1 aromatic rings. The van der Waals surface area contributed by atoms with Crippen molar-refractivity contribution >= 4 is 17.5 Å². The molecule has 1 heterocycles. The van der Waals surface area contributed by atoms with Gasteiger partial charge in [0.25, 0.3) is 0 Å². The summed E-state index contributed by atoms with van der Waals surface area (Å²) in [6.07, 6.45) is 0.284. The fraction of sp³-hybridized carbons (Fsp3) is 0.692. The van der Waals surface area contributed by atoms with Gasteiger partial charge in [-0.15, -0.1) is 11.6 Å². The summed E-state index contributed by atoms with van der Waals surface area (Å²) in [6, 6.07) is 0.863. The third kappa shape index (κ3) is 3.53. The first-order chi connectivity index (χ1) is 9.35. The Kier molecular flexibility index (Phi) is 4.42. The first-order valence-electron chi connectivity index (χ1n) is 6.59. The molecule has 0 unspecified atom stereocenters. The van der Waals surface area contributed by atoms with Gasteiger partial charge >= 0.3 is 6.18 Å². The van der Waals surface area contributed by atoms with Gasteiger partial charge in [0.05, 0.1) is 5.54 Å². The summed E-state index contributed by atoms with van der Waals surface area (Å²) in [6.45, 7) is 2.17. The zero-order valence-electron chi connectivity index (χ0n) is 11.2. The molecule has 0 radical (unpaired) electrons. The Bertz CT molecular complexity index is 456. The van der Waals surface area contributed by atoms with Crippen molar-refractivity contribution in [2.75, 3.05) is 11.2 Å². The van der Waals surface area contributed by atoms with Crippen molar-refractivity contribution in [1.82, 2.24) is 9.97 Å². The van der Waals surface area contributed by atoms with Gasteiger partial charge in [-0.3, -0.25) is 0 Å². The van der Waals surface area contributed by atoms with E-state index in [-0.39, 0.29) is 5.95 Å². The van der Waals surface area contributed by atoms with Gasteiger partial charge in [-0.25, -0.2) is 9.97 Å². The first kappa shape index (κ1) is 15.4. The number of halogens is 4. The average molecular weight is 308 g/mol. The maximum Gasteiger partial charge on any atom is 0.433 e. The second-order valence-corrected chi connectivity index (χ2v) is 5.75. The Hall–Kier alpha value is -1.04. The SMILES string of the molecule is CC1CCC(CCl)(Nc2nccc(C(F)(F)F)n2)CC1. The number of aromatic nitrogens is 2. The predicted molar refractivity (Wildman–Crippen MR) is 71.7 cm³/mol. The fourth-order valence-corrected chi connectivity index (χ4v) is 2.75. The van der Waals surface area contributed by atoms with Crippen molar-refractivity contribution in [2.45, 2.75) is 44.3 Å². The molecular weight excluding hydrogens is 291 g/mol. The van der Waals surface area contributed by atoms with Crippen LogP contribution in [-0.2, 0) is 6.18 Å². The number of hydrogen-bond acceptors (Lipinski definition) is 3. The second kappa shape index (κ2) is 5.76. The van der Waals surface area contributed by atoms with E-state index in [1.807, 2.05) is 0 Å². The Morgan fingerprint density at radius 2 is 2.05 bits per heavy atom. The Balaban J connectivity index is 2.16. The van der Waals surface area contributed by atoms with Gasteiger partial charge in [0.1, 0.15) is 5.69 Å². The van der Waals surface area contributed by atoms with E-state index in [9.17, 15) is 13.2 Å². The van der Waals surface area contributed by atoms with Crippen molar-refractivity contribution in [3.8, 4) is 0 Å². The summed E-state index contributed by atoms with van der Waals surface area (Å²) in [7, 11) is 0. The Morgan fingerprint density at radius 1 is 1.40 bits per heavy atom. The lowest BCUT2D eigenvalue weighted by Crippen LogP contribution is -2.44. The minimum Gasteiger partial charge on any atom is -0.348 e. The number of nitrogens with zero attached hydrogens (tertiary/aromatic N) is 2. The number of rotatable bonds is 3. The molecule has 0 saturated heterocycles. The molecule has 0 amide bonds. The van der Waals surface area contributed by atoms with Crippen LogP contribution in [0.25, 0.3) is 0 Å². The van der Waals surface area contributed by atoms with E-state index in [0.717, 1.165) is 37.9 Å². The molecule has 1 aliphatic carbocycles. The van der Waals surface area contributed by atoms with Crippen molar-refractivity contribution in [1.29, 1.82) is 0 Å². The molecule has 7 heteroatoms. The van der Waals surface area contributed by atoms with Gasteiger partial charge < -0.3 is 5.32 Å². The van der Waals surface area contributed by atoms with E-state index in [0.29, 0.717) is 11.8 Å². The molecule has 1 fully saturated rings. The molecule has 2 rings (SSSR count). The van der Waals surface area contributed by atoms with Gasteiger partial charge in [0, 0.05) is 12.1 Å². The number of hydrogen-bond donors (Lipinski definition) is 1. The maximum atomic E-state index is 12.6. The lowest BCUT2D eigenvalue weighted by molar-refractivity contribution is -0.141. The smallest absolute Gasteiger partial charge is 0.348 e. The van der Waals surface area contributed by atoms with Crippen LogP contribution in [0.2, 0.25) is 0 Å². The lowest BCUT2D eigenvalue weighted by atomic mass is 9.78. The average Bonchev–Trinajstić information content (AvgIpc) is 2.41. The highest BCUT2D eigenvalue weighted by atomic mass is 35.5. The summed E-state index contributed by atoms with van der Waals surface area (Å²) < 4.78 is 37.9. The zero-order chi connectivity index (χ0) is 14.8. The van der Waals surface area contributed by atoms with Crippen LogP contribution >= 0.6 is 11.6 Å². The minimum atomic E-state index is -4.46. The summed E-state index contributed by atoms with van der Waals surface area (Å²) in [5.41, 5.74) is -1.35. The van der Waals surface area contributed by atoms with Crippen molar-refractivity contribution in [3.05, 3.63) is 18.0 Å². The predicted octanol–water partition coefficient (Wildman–Crippen LogP) is 4.10. The van der Waals surface area contributed by atoms with E-state index in [4.69, 9.17) is 11.6 Å². The molecule has 0 aromatic carbocycles. The van der Waals surface area contributed by atoms with E-state index in [1.54, 1.807) is 0 Å². The highest BCUT2D eigenvalue weighted by Gasteiger charge is 2.36. The molecule has 1 aliphatic rings. The van der Waals surface area contributed by atoms with Crippen LogP contribution in [0, 0.1) is 5.92 Å². The van der Waals surface area contributed by atoms with Crippen LogP contribution in [0.4, 0.5) is 19.1 Å². The molecule has 0 spiro atoms. The van der Waals surface area contributed by atoms with Crippen LogP contribution in [0.3, 0.4) is 0 Å². The molecule has 0 aliphatic heterocycles. The minimum absolute atomic E-state index is 0.00460. The molecule has 0 atom stereocenters. The van der Waals surface area contributed by atoms with E-state index >= 15 is 0 Å². The largest absolute Gasteiger partial charge is 0.433 e. The van der Waals surface area contributed by atoms with E-state index < -0.39 is 17.4 Å². The van der Waals surface area contributed by atoms with Crippen LogP contribution in [0.15, 0.2) is 12.3 Å². The second-order valence-electron chi connectivity index (χ2n) is 5.48. The topological polar surface area (TPSA) is 37.8 Å². The normalized spacial score (nSPS) is 27.4. The van der Waals surface area contributed by atoms with Gasteiger partial charge in [-0.2, -0.15) is 13.2 Å². The summed E-state index contributed by atoms with van der Waals surface area (Å²) in [4.78, 5) is 7.42. The monoisotopic (exact) mass is 307 g/mol. The van der Waals surface area contributed by atoms with Crippen molar-refractivity contribution < 1.29 is 13.2 Å². The standard InChI is InChI=1S/C13H17ClF3N3/c1-9-2-5-12(8-14,6-3-9)20-11-18-7-4-10(19-11)13(15,16)17/h4,7,9H,2-3,5-6,8H2,1H3,(H,18,19,20). The molecule has 1 N–H and O–H groups in total. The zero-order valence-corrected chi connectivity index (χ0v) is 11.9. The van der Waals surface area contributed by atoms with Gasteiger partial charge in [-0.05, 0) is 37.7 Å². The molecule has 20 heavy (non-hydrogen) atoms. The van der Waals surface area contributed by atoms with Gasteiger partial charge in [0.2, 0.25) is 5.95 Å². The van der Waals surface area contributed by atoms with Crippen LogP contribution in [0.1, 0.15) is 38.3 Å². The fourth-order valence-electron chi connectivity index (χ4n) is 2.42. The molecule has 112 valence electrons. The molecule has 1 saturated carbocycles. The quantitative estimate of drug-likeness (QED) is 0.855. The lowest BCUT2D eigenvalue weighted by Gasteiger charge is -2.38. The van der Waals surface area contributed by atoms with Gasteiger partial charge in [0.15, 0.2) is 0 Å². The highest BCUT2D eigenvalue weighted by molar-refractivity contribution is 6.18. The summed E-state index contributed by atoms with van der Waals surface area (Å²) >= 11 is 6.02. The van der Waals surface area contributed by atoms with Gasteiger partial charge in [-0.1, -0.05) is 6.92 Å². The van der Waals surface area contributed by atoms with Crippen molar-refractivity contribution in [2.24, 2.45) is 5.92 Å². The maximum absolute atomic E-state index is 12.6. The number of nitrogens with one attached hydrogen (secondary N) is 1. The highest BCUT2D eigenvalue weighted by Crippen LogP contribution is 2.35. The first-order valence-corrected chi connectivity index (χ1v) is 7.12. The van der Waals surface area contributed by atoms with Crippen molar-refractivity contribution in [3.63, 3.8) is 0 Å². The molecule has 0 bridgehead atoms.